The zero-order chi connectivity index (χ0) is 15.5. The number of nitro groups is 1. The number of ether oxygens (including phenoxy) is 2. The lowest BCUT2D eigenvalue weighted by molar-refractivity contribution is -0.389. The Morgan fingerprint density at radius 1 is 1.55 bits per heavy atom. The van der Waals surface area contributed by atoms with E-state index in [1.54, 1.807) is 0 Å². The Bertz CT molecular complexity index is 549. The predicted molar refractivity (Wildman–Crippen MR) is 66.0 cm³/mol. The Kier molecular flexibility index (Phi) is 5.08. The molecule has 0 aliphatic rings. The Balaban J connectivity index is 3.37. The molecule has 1 aromatic heterocycles. The van der Waals surface area contributed by atoms with Crippen LogP contribution in [-0.2, 0) is 16.0 Å². The third kappa shape index (κ3) is 4.18. The van der Waals surface area contributed by atoms with Gasteiger partial charge in [-0.05, 0) is 22.6 Å². The zero-order valence-electron chi connectivity index (χ0n) is 9.73. The van der Waals surface area contributed by atoms with Crippen molar-refractivity contribution in [1.29, 1.82) is 0 Å². The second-order valence-corrected chi connectivity index (χ2v) is 4.45. The van der Waals surface area contributed by atoms with Gasteiger partial charge < -0.3 is 9.47 Å². The lowest BCUT2D eigenvalue weighted by Gasteiger charge is -2.12. The first-order valence-corrected chi connectivity index (χ1v) is 5.88. The molecule has 0 amide bonds. The minimum atomic E-state index is -5.10. The van der Waals surface area contributed by atoms with Gasteiger partial charge in [-0.1, -0.05) is 0 Å². The summed E-state index contributed by atoms with van der Waals surface area (Å²) >= 11 is 1.41. The first-order chi connectivity index (χ1) is 9.15. The highest BCUT2D eigenvalue weighted by molar-refractivity contribution is 14.1. The monoisotopic (exact) mass is 406 g/mol. The van der Waals surface area contributed by atoms with Crippen LogP contribution in [0.1, 0.15) is 5.69 Å². The molecule has 7 nitrogen and oxygen atoms in total. The molecule has 0 bridgehead atoms. The summed E-state index contributed by atoms with van der Waals surface area (Å²) in [5.74, 6) is -1.88. The number of carbonyl (C=O) groups excluding carboxylic acids is 1. The van der Waals surface area contributed by atoms with Gasteiger partial charge in [-0.2, -0.15) is 0 Å². The molecular formula is C9H6F3IN2O5. The SMILES string of the molecule is COC(=O)Cc1ncc(I)c(OC(F)(F)F)c1[N+](=O)[O-]. The second-order valence-electron chi connectivity index (χ2n) is 3.29. The molecule has 0 spiro atoms. The summed E-state index contributed by atoms with van der Waals surface area (Å²) in [6, 6.07) is 0. The Morgan fingerprint density at radius 2 is 2.15 bits per heavy atom. The molecule has 110 valence electrons. The van der Waals surface area contributed by atoms with Gasteiger partial charge in [-0.15, -0.1) is 13.2 Å². The molecule has 0 saturated heterocycles. The number of hydrogen-bond acceptors (Lipinski definition) is 6. The second kappa shape index (κ2) is 6.19. The van der Waals surface area contributed by atoms with E-state index in [2.05, 4.69) is 14.5 Å². The average molecular weight is 406 g/mol. The molecule has 0 aromatic carbocycles. The summed E-state index contributed by atoms with van der Waals surface area (Å²) in [5, 5.41) is 10.9. The number of rotatable bonds is 4. The fourth-order valence-electron chi connectivity index (χ4n) is 1.24. The van der Waals surface area contributed by atoms with Crippen molar-refractivity contribution in [3.8, 4) is 5.75 Å². The normalized spacial score (nSPS) is 11.1. The van der Waals surface area contributed by atoms with E-state index >= 15 is 0 Å². The van der Waals surface area contributed by atoms with Crippen LogP contribution in [-0.4, -0.2) is 29.3 Å². The zero-order valence-corrected chi connectivity index (χ0v) is 11.9. The number of carbonyl (C=O) groups is 1. The molecule has 0 fully saturated rings. The van der Waals surface area contributed by atoms with E-state index in [9.17, 15) is 28.1 Å². The van der Waals surface area contributed by atoms with Crippen molar-refractivity contribution in [2.75, 3.05) is 7.11 Å². The highest BCUT2D eigenvalue weighted by Gasteiger charge is 2.37. The molecule has 1 aromatic rings. The van der Waals surface area contributed by atoms with Gasteiger partial charge in [-0.3, -0.25) is 19.9 Å². The standard InChI is InChI=1S/C9H6F3IN2O5/c1-19-6(16)2-5-7(15(17)18)8(4(13)3-14-5)20-9(10,11)12/h3H,2H2,1H3. The molecule has 11 heteroatoms. The van der Waals surface area contributed by atoms with Gasteiger partial charge in [0.25, 0.3) is 0 Å². The van der Waals surface area contributed by atoms with Crippen molar-refractivity contribution < 1.29 is 32.4 Å². The molecular weight excluding hydrogens is 400 g/mol. The molecule has 0 saturated carbocycles. The predicted octanol–water partition coefficient (Wildman–Crippen LogP) is 2.21. The molecule has 20 heavy (non-hydrogen) atoms. The van der Waals surface area contributed by atoms with Crippen LogP contribution in [0.2, 0.25) is 0 Å². The molecule has 0 atom stereocenters. The highest BCUT2D eigenvalue weighted by atomic mass is 127. The number of esters is 1. The van der Waals surface area contributed by atoms with E-state index in [0.717, 1.165) is 13.3 Å². The molecule has 0 aliphatic carbocycles. The molecule has 0 N–H and O–H groups in total. The van der Waals surface area contributed by atoms with E-state index in [1.165, 1.54) is 22.6 Å². The number of nitrogens with zero attached hydrogens (tertiary/aromatic N) is 2. The number of alkyl halides is 3. The number of pyridine rings is 1. The molecule has 1 heterocycles. The summed E-state index contributed by atoms with van der Waals surface area (Å²) in [4.78, 5) is 24.5. The summed E-state index contributed by atoms with van der Waals surface area (Å²) in [6.45, 7) is 0. The van der Waals surface area contributed by atoms with Gasteiger partial charge in [0.1, 0.15) is 5.69 Å². The van der Waals surface area contributed by atoms with Crippen LogP contribution in [0.25, 0.3) is 0 Å². The smallest absolute Gasteiger partial charge is 0.469 e. The van der Waals surface area contributed by atoms with Gasteiger partial charge >= 0.3 is 18.0 Å². The minimum absolute atomic E-state index is 0.208. The summed E-state index contributed by atoms with van der Waals surface area (Å²) in [7, 11) is 1.04. The third-order valence-corrected chi connectivity index (χ3v) is 2.75. The number of hydrogen-bond donors (Lipinski definition) is 0. The van der Waals surface area contributed by atoms with Crippen LogP contribution in [0.3, 0.4) is 0 Å². The lowest BCUT2D eigenvalue weighted by atomic mass is 10.2. The van der Waals surface area contributed by atoms with E-state index in [0.29, 0.717) is 0 Å². The van der Waals surface area contributed by atoms with Gasteiger partial charge in [0, 0.05) is 6.20 Å². The number of methoxy groups -OCH3 is 1. The van der Waals surface area contributed by atoms with E-state index in [-0.39, 0.29) is 3.57 Å². The van der Waals surface area contributed by atoms with Crippen molar-refractivity contribution in [3.63, 3.8) is 0 Å². The van der Waals surface area contributed by atoms with Gasteiger partial charge in [0.15, 0.2) is 0 Å². The number of halogens is 4. The van der Waals surface area contributed by atoms with Crippen molar-refractivity contribution >= 4 is 34.2 Å². The summed E-state index contributed by atoms with van der Waals surface area (Å²) in [5.41, 5.74) is -1.49. The van der Waals surface area contributed by atoms with Gasteiger partial charge in [0.2, 0.25) is 5.75 Å². The number of aromatic nitrogens is 1. The van der Waals surface area contributed by atoms with E-state index < -0.39 is 40.8 Å². The lowest BCUT2D eigenvalue weighted by Crippen LogP contribution is -2.20. The maximum Gasteiger partial charge on any atom is 0.573 e. The van der Waals surface area contributed by atoms with E-state index in [4.69, 9.17) is 0 Å². The fourth-order valence-corrected chi connectivity index (χ4v) is 1.74. The van der Waals surface area contributed by atoms with Gasteiger partial charge in [0.05, 0.1) is 22.0 Å². The largest absolute Gasteiger partial charge is 0.573 e. The van der Waals surface area contributed by atoms with Crippen molar-refractivity contribution in [1.82, 2.24) is 4.98 Å². The molecule has 0 aliphatic heterocycles. The topological polar surface area (TPSA) is 91.6 Å². The first-order valence-electron chi connectivity index (χ1n) is 4.80. The van der Waals surface area contributed by atoms with Crippen molar-refractivity contribution in [3.05, 3.63) is 25.6 Å². The van der Waals surface area contributed by atoms with Crippen LogP contribution in [0.15, 0.2) is 6.20 Å². The molecule has 0 radical (unpaired) electrons. The summed E-state index contributed by atoms with van der Waals surface area (Å²) < 4.78 is 44.5. The van der Waals surface area contributed by atoms with Crippen LogP contribution >= 0.6 is 22.6 Å². The van der Waals surface area contributed by atoms with Crippen LogP contribution in [0.4, 0.5) is 18.9 Å². The van der Waals surface area contributed by atoms with Crippen LogP contribution < -0.4 is 4.74 Å². The Morgan fingerprint density at radius 3 is 2.60 bits per heavy atom. The van der Waals surface area contributed by atoms with Gasteiger partial charge in [-0.25, -0.2) is 0 Å². The minimum Gasteiger partial charge on any atom is -0.469 e. The van der Waals surface area contributed by atoms with E-state index in [1.807, 2.05) is 0 Å². The van der Waals surface area contributed by atoms with Crippen molar-refractivity contribution in [2.24, 2.45) is 0 Å². The molecule has 1 rings (SSSR count). The third-order valence-electron chi connectivity index (χ3n) is 1.98. The Hall–Kier alpha value is -1.66. The van der Waals surface area contributed by atoms with Crippen molar-refractivity contribution in [2.45, 2.75) is 12.8 Å². The average Bonchev–Trinajstić information content (AvgIpc) is 2.31. The van der Waals surface area contributed by atoms with Crippen LogP contribution in [0, 0.1) is 13.7 Å². The van der Waals surface area contributed by atoms with Crippen LogP contribution in [0.5, 0.6) is 5.75 Å². The Labute approximate surface area is 123 Å². The maximum absolute atomic E-state index is 12.3. The summed E-state index contributed by atoms with van der Waals surface area (Å²) in [6.07, 6.45) is -4.81. The first kappa shape index (κ1) is 16.4. The highest BCUT2D eigenvalue weighted by Crippen LogP contribution is 2.37. The fraction of sp³-hybridized carbons (Fsp3) is 0.333. The maximum atomic E-state index is 12.3. The quantitative estimate of drug-likeness (QED) is 0.330. The molecule has 0 unspecified atom stereocenters.